The van der Waals surface area contributed by atoms with Gasteiger partial charge in [-0.15, -0.1) is 0 Å². The zero-order valence-corrected chi connectivity index (χ0v) is 17.1. The summed E-state index contributed by atoms with van der Waals surface area (Å²) >= 11 is 0. The molecule has 9 heteroatoms. The Hall–Kier alpha value is -3.49. The highest BCUT2D eigenvalue weighted by Crippen LogP contribution is 2.36. The molecule has 30 heavy (non-hydrogen) atoms. The number of benzene rings is 1. The quantitative estimate of drug-likeness (QED) is 0.750. The number of rotatable bonds is 5. The third kappa shape index (κ3) is 3.47. The van der Waals surface area contributed by atoms with Crippen molar-refractivity contribution in [2.75, 3.05) is 26.8 Å². The lowest BCUT2D eigenvalue weighted by Crippen LogP contribution is -2.43. The van der Waals surface area contributed by atoms with Crippen molar-refractivity contribution < 1.29 is 28.3 Å². The summed E-state index contributed by atoms with van der Waals surface area (Å²) < 4.78 is 16.6. The summed E-state index contributed by atoms with van der Waals surface area (Å²) in [4.78, 5) is 40.6. The predicted molar refractivity (Wildman–Crippen MR) is 105 cm³/mol. The normalized spacial score (nSPS) is 20.3. The van der Waals surface area contributed by atoms with Gasteiger partial charge in [0.25, 0.3) is 5.91 Å². The summed E-state index contributed by atoms with van der Waals surface area (Å²) in [6, 6.07) is 8.08. The van der Waals surface area contributed by atoms with Crippen molar-refractivity contribution >= 4 is 17.8 Å². The number of amides is 4. The van der Waals surface area contributed by atoms with Gasteiger partial charge in [-0.1, -0.05) is 6.07 Å². The third-order valence-electron chi connectivity index (χ3n) is 5.30. The molecule has 3 heterocycles. The minimum absolute atomic E-state index is 0.246. The van der Waals surface area contributed by atoms with Crippen molar-refractivity contribution in [3.8, 4) is 11.5 Å². The average molecular weight is 413 g/mol. The molecule has 1 aromatic carbocycles. The number of hydrogen-bond donors (Lipinski definition) is 1. The molecule has 158 valence electrons. The van der Waals surface area contributed by atoms with Crippen LogP contribution in [0.5, 0.6) is 11.5 Å². The largest absolute Gasteiger partial charge is 0.486 e. The van der Waals surface area contributed by atoms with Gasteiger partial charge < -0.3 is 24.1 Å². The lowest BCUT2D eigenvalue weighted by Gasteiger charge is -2.25. The summed E-state index contributed by atoms with van der Waals surface area (Å²) in [5.74, 6) is 1.60. The molecule has 0 spiro atoms. The highest BCUT2D eigenvalue weighted by Gasteiger charge is 2.50. The predicted octanol–water partition coefficient (Wildman–Crippen LogP) is 1.78. The Labute approximate surface area is 173 Å². The van der Waals surface area contributed by atoms with Gasteiger partial charge in [0.05, 0.1) is 6.54 Å². The van der Waals surface area contributed by atoms with Gasteiger partial charge in [0.15, 0.2) is 11.5 Å². The molecule has 1 aromatic heterocycles. The van der Waals surface area contributed by atoms with Gasteiger partial charge in [-0.25, -0.2) is 4.79 Å². The van der Waals surface area contributed by atoms with Gasteiger partial charge in [0.2, 0.25) is 5.91 Å². The summed E-state index contributed by atoms with van der Waals surface area (Å²) in [5.41, 5.74) is -0.747. The number of imide groups is 1. The van der Waals surface area contributed by atoms with Crippen LogP contribution in [0.25, 0.3) is 0 Å². The van der Waals surface area contributed by atoms with Crippen molar-refractivity contribution in [1.29, 1.82) is 0 Å². The van der Waals surface area contributed by atoms with Crippen LogP contribution in [0.4, 0.5) is 4.79 Å². The number of carbonyl (C=O) groups excluding carboxylic acids is 3. The first-order valence-electron chi connectivity index (χ1n) is 9.61. The number of nitrogens with zero attached hydrogens (tertiary/aromatic N) is 2. The van der Waals surface area contributed by atoms with E-state index in [2.05, 4.69) is 5.32 Å². The van der Waals surface area contributed by atoms with E-state index in [0.29, 0.717) is 36.0 Å². The van der Waals surface area contributed by atoms with Gasteiger partial charge in [0.1, 0.15) is 36.8 Å². The molecule has 0 saturated carbocycles. The van der Waals surface area contributed by atoms with Crippen LogP contribution in [0.1, 0.15) is 24.0 Å². The third-order valence-corrected chi connectivity index (χ3v) is 5.30. The summed E-state index contributed by atoms with van der Waals surface area (Å²) in [5, 5.41) is 2.70. The maximum Gasteiger partial charge on any atom is 0.325 e. The highest BCUT2D eigenvalue weighted by molar-refractivity contribution is 6.09. The molecule has 1 atom stereocenters. The SMILES string of the molecule is Cc1ccc(CN(C)C(=O)CN2C(=O)N[C@@](C)(c3ccc4c(c3)OCCO4)C2=O)o1. The van der Waals surface area contributed by atoms with Crippen LogP contribution < -0.4 is 14.8 Å². The molecule has 1 N–H and O–H groups in total. The Kier molecular flexibility index (Phi) is 4.89. The number of fused-ring (bicyclic) bond motifs is 1. The number of hydrogen-bond acceptors (Lipinski definition) is 6. The van der Waals surface area contributed by atoms with Crippen LogP contribution in [-0.2, 0) is 21.7 Å². The van der Waals surface area contributed by atoms with Gasteiger partial charge in [-0.3, -0.25) is 14.5 Å². The van der Waals surface area contributed by atoms with Crippen LogP contribution in [0.2, 0.25) is 0 Å². The number of likely N-dealkylation sites (N-methyl/N-ethyl adjacent to an activating group) is 1. The van der Waals surface area contributed by atoms with E-state index in [1.54, 1.807) is 38.2 Å². The van der Waals surface area contributed by atoms with Crippen molar-refractivity contribution in [3.63, 3.8) is 0 Å². The summed E-state index contributed by atoms with van der Waals surface area (Å²) in [6.45, 7) is 4.18. The van der Waals surface area contributed by atoms with Crippen molar-refractivity contribution in [1.82, 2.24) is 15.1 Å². The van der Waals surface area contributed by atoms with Gasteiger partial charge >= 0.3 is 6.03 Å². The number of furan rings is 1. The van der Waals surface area contributed by atoms with Gasteiger partial charge in [-0.05, 0) is 43.7 Å². The first kappa shape index (κ1) is 19.8. The highest BCUT2D eigenvalue weighted by atomic mass is 16.6. The lowest BCUT2D eigenvalue weighted by molar-refractivity contribution is -0.138. The van der Waals surface area contributed by atoms with E-state index in [1.807, 2.05) is 13.0 Å². The Bertz CT molecular complexity index is 1020. The summed E-state index contributed by atoms with van der Waals surface area (Å²) in [7, 11) is 1.60. The Morgan fingerprint density at radius 1 is 1.17 bits per heavy atom. The minimum atomic E-state index is -1.30. The molecule has 0 unspecified atom stereocenters. The number of urea groups is 1. The van der Waals surface area contributed by atoms with Crippen molar-refractivity contribution in [2.24, 2.45) is 0 Å². The molecule has 4 rings (SSSR count). The Morgan fingerprint density at radius 2 is 1.90 bits per heavy atom. The molecule has 0 aliphatic carbocycles. The zero-order chi connectivity index (χ0) is 21.5. The second kappa shape index (κ2) is 7.40. The second-order valence-corrected chi connectivity index (χ2v) is 7.57. The molecule has 2 aliphatic rings. The fourth-order valence-corrected chi connectivity index (χ4v) is 3.54. The van der Waals surface area contributed by atoms with Crippen LogP contribution in [0.3, 0.4) is 0 Å². The van der Waals surface area contributed by atoms with E-state index >= 15 is 0 Å². The molecule has 2 aromatic rings. The molecule has 1 saturated heterocycles. The van der Waals surface area contributed by atoms with E-state index in [1.165, 1.54) is 4.90 Å². The second-order valence-electron chi connectivity index (χ2n) is 7.57. The topological polar surface area (TPSA) is 101 Å². The first-order valence-corrected chi connectivity index (χ1v) is 9.61. The molecule has 0 radical (unpaired) electrons. The lowest BCUT2D eigenvalue weighted by atomic mass is 9.91. The average Bonchev–Trinajstić information content (AvgIpc) is 3.23. The van der Waals surface area contributed by atoms with Gasteiger partial charge in [0, 0.05) is 7.05 Å². The monoisotopic (exact) mass is 413 g/mol. The first-order chi connectivity index (χ1) is 14.3. The van der Waals surface area contributed by atoms with Crippen molar-refractivity contribution in [3.05, 3.63) is 47.4 Å². The van der Waals surface area contributed by atoms with Gasteiger partial charge in [-0.2, -0.15) is 0 Å². The minimum Gasteiger partial charge on any atom is -0.486 e. The van der Waals surface area contributed by atoms with E-state index in [0.717, 1.165) is 10.7 Å². The number of nitrogens with one attached hydrogen (secondary N) is 1. The molecule has 4 amide bonds. The number of ether oxygens (including phenoxy) is 2. The van der Waals surface area contributed by atoms with E-state index in [-0.39, 0.29) is 19.0 Å². The molecular weight excluding hydrogens is 390 g/mol. The van der Waals surface area contributed by atoms with Crippen molar-refractivity contribution in [2.45, 2.75) is 25.9 Å². The summed E-state index contributed by atoms with van der Waals surface area (Å²) in [6.07, 6.45) is 0. The van der Waals surface area contributed by atoms with E-state index in [9.17, 15) is 14.4 Å². The maximum absolute atomic E-state index is 13.1. The smallest absolute Gasteiger partial charge is 0.325 e. The number of carbonyl (C=O) groups is 3. The maximum atomic E-state index is 13.1. The molecule has 9 nitrogen and oxygen atoms in total. The van der Waals surface area contributed by atoms with Crippen LogP contribution in [0, 0.1) is 6.92 Å². The Morgan fingerprint density at radius 3 is 2.60 bits per heavy atom. The molecule has 2 aliphatic heterocycles. The molecule has 1 fully saturated rings. The molecule has 0 bridgehead atoms. The fourth-order valence-electron chi connectivity index (χ4n) is 3.54. The standard InChI is InChI=1S/C21H23N3O6/c1-13-4-6-15(30-13)11-23(3)18(25)12-24-19(26)21(2,22-20(24)27)14-5-7-16-17(10-14)29-9-8-28-16/h4-7,10H,8-9,11-12H2,1-3H3,(H,22,27)/t21-/m0/s1. The van der Waals surface area contributed by atoms with Crippen LogP contribution in [0.15, 0.2) is 34.7 Å². The molecular formula is C21H23N3O6. The van der Waals surface area contributed by atoms with Crippen LogP contribution in [-0.4, -0.2) is 54.5 Å². The van der Waals surface area contributed by atoms with E-state index in [4.69, 9.17) is 13.9 Å². The Balaban J connectivity index is 1.48. The van der Waals surface area contributed by atoms with E-state index < -0.39 is 17.5 Å². The zero-order valence-electron chi connectivity index (χ0n) is 17.1. The number of aryl methyl sites for hydroxylation is 1. The fraction of sp³-hybridized carbons (Fsp3) is 0.381. The van der Waals surface area contributed by atoms with Crippen LogP contribution >= 0.6 is 0 Å².